The molecule has 1 aliphatic carbocycles. The van der Waals surface area contributed by atoms with Crippen molar-refractivity contribution in [3.63, 3.8) is 0 Å². The molecule has 1 heterocycles. The zero-order valence-corrected chi connectivity index (χ0v) is 15.5. The number of carbonyl (C=O) groups is 2. The average molecular weight is 417 g/mol. The van der Waals surface area contributed by atoms with Gasteiger partial charge in [0.2, 0.25) is 5.91 Å². The summed E-state index contributed by atoms with van der Waals surface area (Å²) in [4.78, 5) is 28.4. The Morgan fingerprint density at radius 2 is 1.73 bits per heavy atom. The zero-order valence-electron chi connectivity index (χ0n) is 15.5. The number of benzene rings is 2. The van der Waals surface area contributed by atoms with Crippen LogP contribution in [0.2, 0.25) is 0 Å². The minimum Gasteiger partial charge on any atom is -0.322 e. The Labute approximate surface area is 169 Å². The Bertz CT molecular complexity index is 1070. The van der Waals surface area contributed by atoms with Crippen LogP contribution in [0.5, 0.6) is 0 Å². The second-order valence-corrected chi connectivity index (χ2v) is 7.38. The molecule has 1 saturated heterocycles. The number of piperazine rings is 1. The van der Waals surface area contributed by atoms with Gasteiger partial charge in [-0.3, -0.25) is 14.5 Å². The monoisotopic (exact) mass is 417 g/mol. The molecule has 5 nitrogen and oxygen atoms in total. The number of carbonyl (C=O) groups excluding carboxylic acids is 2. The van der Waals surface area contributed by atoms with Crippen molar-refractivity contribution in [2.75, 3.05) is 11.4 Å². The van der Waals surface area contributed by atoms with E-state index in [-0.39, 0.29) is 24.3 Å². The van der Waals surface area contributed by atoms with Crippen molar-refractivity contribution in [3.05, 3.63) is 65.0 Å². The van der Waals surface area contributed by atoms with Crippen molar-refractivity contribution in [2.45, 2.75) is 31.1 Å². The fraction of sp³-hybridized carbons (Fsp3) is 0.286. The van der Waals surface area contributed by atoms with Gasteiger partial charge in [0.05, 0.1) is 22.9 Å². The minimum atomic E-state index is -4.46. The molecule has 0 atom stereocenters. The third kappa shape index (κ3) is 3.28. The summed E-state index contributed by atoms with van der Waals surface area (Å²) in [5, 5.41) is 8.87. The number of amides is 2. The molecular weight excluding hydrogens is 402 g/mol. The molecule has 2 aromatic rings. The number of hydrogen-bond acceptors (Lipinski definition) is 3. The van der Waals surface area contributed by atoms with Crippen LogP contribution >= 0.6 is 0 Å². The van der Waals surface area contributed by atoms with Gasteiger partial charge >= 0.3 is 6.18 Å². The van der Waals surface area contributed by atoms with Gasteiger partial charge in [0, 0.05) is 6.54 Å². The molecule has 2 aliphatic rings. The molecule has 1 spiro atoms. The lowest BCUT2D eigenvalue weighted by molar-refractivity contribution is -0.145. The van der Waals surface area contributed by atoms with Crippen LogP contribution in [-0.2, 0) is 22.3 Å². The summed E-state index contributed by atoms with van der Waals surface area (Å²) in [7, 11) is 0. The Balaban J connectivity index is 1.58. The number of halogens is 4. The van der Waals surface area contributed by atoms with Crippen LogP contribution in [0, 0.1) is 17.1 Å². The normalized spacial score (nSPS) is 18.0. The maximum absolute atomic E-state index is 14.4. The van der Waals surface area contributed by atoms with E-state index in [0.29, 0.717) is 18.4 Å². The summed E-state index contributed by atoms with van der Waals surface area (Å²) in [5.41, 5.74) is -1.42. The zero-order chi connectivity index (χ0) is 21.7. The summed E-state index contributed by atoms with van der Waals surface area (Å²) in [6.45, 7) is -0.392. The van der Waals surface area contributed by atoms with Gasteiger partial charge in [-0.1, -0.05) is 12.1 Å². The number of anilines is 1. The SMILES string of the molecule is N#Cc1ccc(N2CC(=O)N(Cc3ccc(C(F)(F)F)cc3)C3(CC3)C2=O)c(F)c1. The fourth-order valence-corrected chi connectivity index (χ4v) is 3.71. The molecule has 0 unspecified atom stereocenters. The van der Waals surface area contributed by atoms with Gasteiger partial charge in [-0.15, -0.1) is 0 Å². The smallest absolute Gasteiger partial charge is 0.322 e. The predicted octanol–water partition coefficient (Wildman–Crippen LogP) is 3.62. The van der Waals surface area contributed by atoms with Crippen molar-refractivity contribution >= 4 is 17.5 Å². The number of rotatable bonds is 3. The maximum Gasteiger partial charge on any atom is 0.416 e. The molecule has 0 N–H and O–H groups in total. The van der Waals surface area contributed by atoms with Crippen LogP contribution in [-0.4, -0.2) is 28.8 Å². The third-order valence-electron chi connectivity index (χ3n) is 5.47. The summed E-state index contributed by atoms with van der Waals surface area (Å²) in [6.07, 6.45) is -3.67. The van der Waals surface area contributed by atoms with Gasteiger partial charge in [-0.2, -0.15) is 18.4 Å². The van der Waals surface area contributed by atoms with Crippen LogP contribution < -0.4 is 4.90 Å². The average Bonchev–Trinajstić information content (AvgIpc) is 3.50. The van der Waals surface area contributed by atoms with Crippen molar-refractivity contribution in [1.29, 1.82) is 5.26 Å². The molecule has 1 saturated carbocycles. The molecule has 0 bridgehead atoms. The molecule has 9 heteroatoms. The Kier molecular flexibility index (Phi) is 4.53. The molecule has 4 rings (SSSR count). The predicted molar refractivity (Wildman–Crippen MR) is 97.4 cm³/mol. The second-order valence-electron chi connectivity index (χ2n) is 7.38. The van der Waals surface area contributed by atoms with Crippen molar-refractivity contribution in [1.82, 2.24) is 4.90 Å². The van der Waals surface area contributed by atoms with Crippen LogP contribution in [0.3, 0.4) is 0 Å². The van der Waals surface area contributed by atoms with E-state index in [9.17, 15) is 27.2 Å². The highest BCUT2D eigenvalue weighted by Gasteiger charge is 2.61. The van der Waals surface area contributed by atoms with Crippen molar-refractivity contribution in [2.24, 2.45) is 0 Å². The lowest BCUT2D eigenvalue weighted by Crippen LogP contribution is -2.61. The molecule has 2 fully saturated rings. The van der Waals surface area contributed by atoms with Gasteiger partial charge < -0.3 is 4.90 Å². The van der Waals surface area contributed by atoms with E-state index in [2.05, 4.69) is 0 Å². The summed E-state index contributed by atoms with van der Waals surface area (Å²) < 4.78 is 52.6. The summed E-state index contributed by atoms with van der Waals surface area (Å²) in [6, 6.07) is 9.89. The van der Waals surface area contributed by atoms with E-state index in [0.717, 1.165) is 23.1 Å². The topological polar surface area (TPSA) is 64.4 Å². The number of alkyl halides is 3. The molecule has 1 aliphatic heterocycles. The van der Waals surface area contributed by atoms with Crippen molar-refractivity contribution < 1.29 is 27.2 Å². The number of nitrogens with zero attached hydrogens (tertiary/aromatic N) is 3. The Morgan fingerprint density at radius 1 is 1.07 bits per heavy atom. The quantitative estimate of drug-likeness (QED) is 0.717. The van der Waals surface area contributed by atoms with Gasteiger partial charge in [0.15, 0.2) is 0 Å². The molecule has 30 heavy (non-hydrogen) atoms. The first-order valence-corrected chi connectivity index (χ1v) is 9.14. The summed E-state index contributed by atoms with van der Waals surface area (Å²) in [5.74, 6) is -1.63. The van der Waals surface area contributed by atoms with Gasteiger partial charge in [0.25, 0.3) is 5.91 Å². The molecule has 0 aromatic heterocycles. The van der Waals surface area contributed by atoms with Gasteiger partial charge in [-0.05, 0) is 48.7 Å². The van der Waals surface area contributed by atoms with Gasteiger partial charge in [-0.25, -0.2) is 4.39 Å². The summed E-state index contributed by atoms with van der Waals surface area (Å²) >= 11 is 0. The van der Waals surface area contributed by atoms with Crippen molar-refractivity contribution in [3.8, 4) is 6.07 Å². The van der Waals surface area contributed by atoms with Crippen LogP contribution in [0.25, 0.3) is 0 Å². The van der Waals surface area contributed by atoms with E-state index < -0.39 is 34.9 Å². The third-order valence-corrected chi connectivity index (χ3v) is 5.47. The molecule has 0 radical (unpaired) electrons. The maximum atomic E-state index is 14.4. The molecule has 2 aromatic carbocycles. The lowest BCUT2D eigenvalue weighted by atomic mass is 10.0. The first-order valence-electron chi connectivity index (χ1n) is 9.14. The van der Waals surface area contributed by atoms with Crippen LogP contribution in [0.4, 0.5) is 23.2 Å². The first kappa shape index (κ1) is 19.9. The Morgan fingerprint density at radius 3 is 2.27 bits per heavy atom. The van der Waals surface area contributed by atoms with E-state index >= 15 is 0 Å². The molecule has 2 amide bonds. The molecular formula is C21H15F4N3O2. The van der Waals surface area contributed by atoms with Crippen LogP contribution in [0.15, 0.2) is 42.5 Å². The lowest BCUT2D eigenvalue weighted by Gasteiger charge is -2.41. The number of nitriles is 1. The van der Waals surface area contributed by atoms with Crippen LogP contribution in [0.1, 0.15) is 29.5 Å². The van der Waals surface area contributed by atoms with E-state index in [1.54, 1.807) is 6.07 Å². The second kappa shape index (κ2) is 6.83. The highest BCUT2D eigenvalue weighted by atomic mass is 19.4. The highest BCUT2D eigenvalue weighted by Crippen LogP contribution is 2.47. The van der Waals surface area contributed by atoms with Gasteiger partial charge in [0.1, 0.15) is 17.9 Å². The Hall–Kier alpha value is -3.41. The van der Waals surface area contributed by atoms with E-state index in [1.165, 1.54) is 29.2 Å². The highest BCUT2D eigenvalue weighted by molar-refractivity contribution is 6.10. The standard InChI is InChI=1S/C21H15F4N3O2/c22-16-9-14(10-26)3-6-17(16)27-12-18(29)28(20(7-8-20)19(27)30)11-13-1-4-15(5-2-13)21(23,24)25/h1-6,9H,7-8,11-12H2. The minimum absolute atomic E-state index is 0.00754. The number of hydrogen-bond donors (Lipinski definition) is 0. The first-order chi connectivity index (χ1) is 14.2. The van der Waals surface area contributed by atoms with E-state index in [1.807, 2.05) is 0 Å². The molecule has 154 valence electrons. The van der Waals surface area contributed by atoms with E-state index in [4.69, 9.17) is 5.26 Å². The largest absolute Gasteiger partial charge is 0.416 e. The fourth-order valence-electron chi connectivity index (χ4n) is 3.71.